The van der Waals surface area contributed by atoms with Crippen LogP contribution in [0.3, 0.4) is 0 Å². The second kappa shape index (κ2) is 10.5. The number of rotatable bonds is 9. The smallest absolute Gasteiger partial charge is 0.312 e. The lowest BCUT2D eigenvalue weighted by Gasteiger charge is -2.10. The molecule has 0 N–H and O–H groups in total. The summed E-state index contributed by atoms with van der Waals surface area (Å²) < 4.78 is 7.08. The summed E-state index contributed by atoms with van der Waals surface area (Å²) in [6.07, 6.45) is 4.14. The Morgan fingerprint density at radius 1 is 1.14 bits per heavy atom. The van der Waals surface area contributed by atoms with Gasteiger partial charge in [0.25, 0.3) is 0 Å². The summed E-state index contributed by atoms with van der Waals surface area (Å²) in [4.78, 5) is 25.5. The lowest BCUT2D eigenvalue weighted by atomic mass is 10.1. The third-order valence-corrected chi connectivity index (χ3v) is 6.80. The molecule has 0 spiro atoms. The van der Waals surface area contributed by atoms with Crippen LogP contribution >= 0.6 is 11.3 Å². The SMILES string of the molecule is COc1ccc(/C=C/C(=O)c2ccc(Cc3ccccc3)s2)cc1Cn1nc(C)c([N+](=O)[O-])c1C. The number of aromatic nitrogens is 2. The van der Waals surface area contributed by atoms with Gasteiger partial charge in [-0.3, -0.25) is 19.6 Å². The van der Waals surface area contributed by atoms with Gasteiger partial charge in [-0.15, -0.1) is 11.3 Å². The fraction of sp³-hybridized carbons (Fsp3) is 0.185. The summed E-state index contributed by atoms with van der Waals surface area (Å²) in [5.41, 5.74) is 3.72. The number of benzene rings is 2. The van der Waals surface area contributed by atoms with E-state index in [1.807, 2.05) is 48.5 Å². The monoisotopic (exact) mass is 487 g/mol. The Morgan fingerprint density at radius 3 is 2.60 bits per heavy atom. The maximum Gasteiger partial charge on any atom is 0.312 e. The third kappa shape index (κ3) is 5.55. The van der Waals surface area contributed by atoms with Crippen LogP contribution in [0.2, 0.25) is 0 Å². The standard InChI is InChI=1S/C27H25N3O4S/c1-18-27(30(32)33)19(2)29(28-18)17-22-15-21(10-13-25(22)34-3)9-12-24(31)26-14-11-23(35-26)16-20-7-5-4-6-8-20/h4-15H,16-17H2,1-3H3/b12-9+. The van der Waals surface area contributed by atoms with Gasteiger partial charge in [0.05, 0.1) is 23.5 Å². The predicted molar refractivity (Wildman–Crippen MR) is 137 cm³/mol. The van der Waals surface area contributed by atoms with Gasteiger partial charge in [-0.2, -0.15) is 5.10 Å². The van der Waals surface area contributed by atoms with Crippen molar-refractivity contribution in [3.8, 4) is 5.75 Å². The fourth-order valence-corrected chi connectivity index (χ4v) is 4.91. The van der Waals surface area contributed by atoms with Gasteiger partial charge in [0.1, 0.15) is 17.1 Å². The molecule has 0 fully saturated rings. The molecule has 0 atom stereocenters. The van der Waals surface area contributed by atoms with Crippen molar-refractivity contribution in [3.05, 3.63) is 115 Å². The topological polar surface area (TPSA) is 87.3 Å². The molecule has 7 nitrogen and oxygen atoms in total. The summed E-state index contributed by atoms with van der Waals surface area (Å²) in [6.45, 7) is 3.62. The number of carbonyl (C=O) groups excluding carboxylic acids is 1. The van der Waals surface area contributed by atoms with Gasteiger partial charge < -0.3 is 4.74 Å². The van der Waals surface area contributed by atoms with E-state index in [9.17, 15) is 14.9 Å². The minimum Gasteiger partial charge on any atom is -0.496 e. The van der Waals surface area contributed by atoms with Crippen molar-refractivity contribution in [2.45, 2.75) is 26.8 Å². The zero-order valence-corrected chi connectivity index (χ0v) is 20.5. The number of hydrogen-bond donors (Lipinski definition) is 0. The number of nitrogens with zero attached hydrogens (tertiary/aromatic N) is 3. The van der Waals surface area contributed by atoms with Gasteiger partial charge in [0.2, 0.25) is 0 Å². The Hall–Kier alpha value is -4.04. The Bertz CT molecular complexity index is 1400. The first-order chi connectivity index (χ1) is 16.9. The van der Waals surface area contributed by atoms with E-state index in [1.54, 1.807) is 37.8 Å². The molecule has 8 heteroatoms. The van der Waals surface area contributed by atoms with Crippen LogP contribution in [-0.2, 0) is 13.0 Å². The number of thiophene rings is 1. The zero-order valence-electron chi connectivity index (χ0n) is 19.7. The largest absolute Gasteiger partial charge is 0.496 e. The number of carbonyl (C=O) groups is 1. The Labute approximate surface area is 207 Å². The van der Waals surface area contributed by atoms with Gasteiger partial charge in [0, 0.05) is 16.9 Å². The first-order valence-corrected chi connectivity index (χ1v) is 11.9. The van der Waals surface area contributed by atoms with E-state index >= 15 is 0 Å². The van der Waals surface area contributed by atoms with E-state index in [-0.39, 0.29) is 11.5 Å². The maximum absolute atomic E-state index is 12.8. The molecule has 0 radical (unpaired) electrons. The maximum atomic E-state index is 12.8. The molecule has 0 aliphatic carbocycles. The molecule has 0 unspecified atom stereocenters. The molecular formula is C27H25N3O4S. The first kappa shape index (κ1) is 24.1. The number of methoxy groups -OCH3 is 1. The van der Waals surface area contributed by atoms with Crippen LogP contribution < -0.4 is 4.74 Å². The lowest BCUT2D eigenvalue weighted by Crippen LogP contribution is -2.06. The molecule has 2 aromatic heterocycles. The second-order valence-corrected chi connectivity index (χ2v) is 9.30. The van der Waals surface area contributed by atoms with Crippen molar-refractivity contribution in [3.63, 3.8) is 0 Å². The van der Waals surface area contributed by atoms with Gasteiger partial charge in [-0.1, -0.05) is 42.5 Å². The highest BCUT2D eigenvalue weighted by Crippen LogP contribution is 2.27. The van der Waals surface area contributed by atoms with E-state index in [0.717, 1.165) is 22.4 Å². The van der Waals surface area contributed by atoms with Crippen molar-refractivity contribution in [1.82, 2.24) is 9.78 Å². The quantitative estimate of drug-likeness (QED) is 0.125. The summed E-state index contributed by atoms with van der Waals surface area (Å²) in [5.74, 6) is 0.591. The molecule has 0 aliphatic heterocycles. The van der Waals surface area contributed by atoms with Gasteiger partial charge >= 0.3 is 5.69 Å². The molecule has 0 bridgehead atoms. The average Bonchev–Trinajstić information content (AvgIpc) is 3.42. The number of ketones is 1. The molecule has 4 rings (SSSR count). The molecule has 0 saturated heterocycles. The number of aryl methyl sites for hydroxylation is 1. The third-order valence-electron chi connectivity index (χ3n) is 5.70. The summed E-state index contributed by atoms with van der Waals surface area (Å²) in [5, 5.41) is 15.7. The Balaban J connectivity index is 1.51. The molecule has 2 aromatic carbocycles. The molecule has 4 aromatic rings. The van der Waals surface area contributed by atoms with E-state index < -0.39 is 4.92 Å². The molecular weight excluding hydrogens is 462 g/mol. The minimum absolute atomic E-state index is 0.0215. The highest BCUT2D eigenvalue weighted by atomic mass is 32.1. The van der Waals surface area contributed by atoms with Crippen LogP contribution in [0, 0.1) is 24.0 Å². The summed E-state index contributed by atoms with van der Waals surface area (Å²) in [7, 11) is 1.57. The van der Waals surface area contributed by atoms with Gasteiger partial charge in [-0.05, 0) is 55.3 Å². The van der Waals surface area contributed by atoms with Crippen LogP contribution in [0.4, 0.5) is 5.69 Å². The molecule has 2 heterocycles. The average molecular weight is 488 g/mol. The van der Waals surface area contributed by atoms with Crippen molar-refractivity contribution >= 4 is 28.9 Å². The second-order valence-electron chi connectivity index (χ2n) is 8.13. The minimum atomic E-state index is -0.411. The molecule has 0 aliphatic rings. The summed E-state index contributed by atoms with van der Waals surface area (Å²) >= 11 is 1.50. The highest BCUT2D eigenvalue weighted by Gasteiger charge is 2.22. The number of nitro groups is 1. The van der Waals surface area contributed by atoms with Crippen LogP contribution in [-0.4, -0.2) is 27.6 Å². The first-order valence-electron chi connectivity index (χ1n) is 11.1. The van der Waals surface area contributed by atoms with Crippen molar-refractivity contribution < 1.29 is 14.5 Å². The number of ether oxygens (including phenoxy) is 1. The van der Waals surface area contributed by atoms with Crippen LogP contribution in [0.15, 0.2) is 66.7 Å². The van der Waals surface area contributed by atoms with E-state index in [4.69, 9.17) is 4.74 Å². The lowest BCUT2D eigenvalue weighted by molar-refractivity contribution is -0.386. The van der Waals surface area contributed by atoms with Gasteiger partial charge in [0.15, 0.2) is 5.78 Å². The Kier molecular flexibility index (Phi) is 7.22. The van der Waals surface area contributed by atoms with Crippen LogP contribution in [0.5, 0.6) is 5.75 Å². The Morgan fingerprint density at radius 2 is 1.91 bits per heavy atom. The summed E-state index contributed by atoms with van der Waals surface area (Å²) in [6, 6.07) is 19.6. The predicted octanol–water partition coefficient (Wildman–Crippen LogP) is 6.01. The fourth-order valence-electron chi connectivity index (χ4n) is 3.95. The molecule has 178 valence electrons. The normalized spacial score (nSPS) is 11.2. The van der Waals surface area contributed by atoms with Crippen molar-refractivity contribution in [1.29, 1.82) is 0 Å². The van der Waals surface area contributed by atoms with Crippen molar-refractivity contribution in [2.75, 3.05) is 7.11 Å². The number of hydrogen-bond acceptors (Lipinski definition) is 6. The van der Waals surface area contributed by atoms with Crippen LogP contribution in [0.25, 0.3) is 6.08 Å². The van der Waals surface area contributed by atoms with E-state index in [1.165, 1.54) is 16.9 Å². The molecule has 0 amide bonds. The number of allylic oxidation sites excluding steroid dienone is 1. The highest BCUT2D eigenvalue weighted by molar-refractivity contribution is 7.14. The van der Waals surface area contributed by atoms with Crippen molar-refractivity contribution in [2.24, 2.45) is 0 Å². The van der Waals surface area contributed by atoms with Crippen LogP contribution in [0.1, 0.15) is 42.6 Å². The van der Waals surface area contributed by atoms with Gasteiger partial charge in [-0.25, -0.2) is 0 Å². The molecule has 35 heavy (non-hydrogen) atoms. The van der Waals surface area contributed by atoms with E-state index in [0.29, 0.717) is 28.6 Å². The zero-order chi connectivity index (χ0) is 24.9. The molecule has 0 saturated carbocycles. The van der Waals surface area contributed by atoms with E-state index in [2.05, 4.69) is 17.2 Å².